The summed E-state index contributed by atoms with van der Waals surface area (Å²) in [5.74, 6) is 0.317. The Balaban J connectivity index is 2.22. The molecular formula is C15H22N2O2. The monoisotopic (exact) mass is 262 g/mol. The molecule has 104 valence electrons. The molecule has 1 fully saturated rings. The number of amides is 1. The maximum Gasteiger partial charge on any atom is 0.234 e. The van der Waals surface area contributed by atoms with Crippen molar-refractivity contribution in [2.24, 2.45) is 5.41 Å². The van der Waals surface area contributed by atoms with E-state index in [0.29, 0.717) is 0 Å². The standard InChI is InChI=1S/C15H22N2O2/c1-3-15(8-5-9-16-11-15)14(19)17(2)12-6-4-7-13(18)10-12/h4,6-7,10,16,18H,3,5,8-9,11H2,1-2H3. The summed E-state index contributed by atoms with van der Waals surface area (Å²) in [5, 5.41) is 12.9. The first-order valence-corrected chi connectivity index (χ1v) is 6.87. The summed E-state index contributed by atoms with van der Waals surface area (Å²) < 4.78 is 0. The number of benzene rings is 1. The van der Waals surface area contributed by atoms with Crippen LogP contribution in [0, 0.1) is 5.41 Å². The van der Waals surface area contributed by atoms with E-state index < -0.39 is 0 Å². The summed E-state index contributed by atoms with van der Waals surface area (Å²) in [5.41, 5.74) is 0.432. The summed E-state index contributed by atoms with van der Waals surface area (Å²) >= 11 is 0. The number of rotatable bonds is 3. The summed E-state index contributed by atoms with van der Waals surface area (Å²) in [6.45, 7) is 3.80. The van der Waals surface area contributed by atoms with Crippen molar-refractivity contribution in [1.29, 1.82) is 0 Å². The fourth-order valence-corrected chi connectivity index (χ4v) is 2.78. The molecule has 0 saturated carbocycles. The lowest BCUT2D eigenvalue weighted by molar-refractivity contribution is -0.129. The minimum atomic E-state index is -0.307. The zero-order chi connectivity index (χ0) is 13.9. The van der Waals surface area contributed by atoms with Crippen molar-refractivity contribution in [2.45, 2.75) is 26.2 Å². The second-order valence-electron chi connectivity index (χ2n) is 5.30. The lowest BCUT2D eigenvalue weighted by atomic mass is 9.77. The van der Waals surface area contributed by atoms with Gasteiger partial charge >= 0.3 is 0 Å². The molecule has 2 rings (SSSR count). The molecule has 1 aliphatic rings. The molecule has 4 nitrogen and oxygen atoms in total. The molecule has 1 saturated heterocycles. The predicted molar refractivity (Wildman–Crippen MR) is 76.3 cm³/mol. The number of phenols is 1. The van der Waals surface area contributed by atoms with Crippen molar-refractivity contribution >= 4 is 11.6 Å². The van der Waals surface area contributed by atoms with Crippen LogP contribution in [-0.4, -0.2) is 31.2 Å². The minimum Gasteiger partial charge on any atom is -0.508 e. The first kappa shape index (κ1) is 13.9. The van der Waals surface area contributed by atoms with Crippen LogP contribution in [-0.2, 0) is 4.79 Å². The summed E-state index contributed by atoms with van der Waals surface area (Å²) in [7, 11) is 1.78. The first-order valence-electron chi connectivity index (χ1n) is 6.87. The van der Waals surface area contributed by atoms with E-state index in [1.165, 1.54) is 0 Å². The number of piperidine rings is 1. The Hall–Kier alpha value is -1.55. The van der Waals surface area contributed by atoms with Gasteiger partial charge in [0, 0.05) is 25.3 Å². The number of nitrogens with zero attached hydrogens (tertiary/aromatic N) is 1. The molecule has 1 aromatic rings. The number of anilines is 1. The lowest BCUT2D eigenvalue weighted by Crippen LogP contribution is -2.50. The van der Waals surface area contributed by atoms with Crippen molar-refractivity contribution in [3.8, 4) is 5.75 Å². The predicted octanol–water partition coefficient (Wildman–Crippen LogP) is 2.13. The number of aromatic hydroxyl groups is 1. The van der Waals surface area contributed by atoms with Crippen LogP contribution in [0.2, 0.25) is 0 Å². The van der Waals surface area contributed by atoms with Crippen LogP contribution in [0.15, 0.2) is 24.3 Å². The average molecular weight is 262 g/mol. The Labute approximate surface area is 114 Å². The van der Waals surface area contributed by atoms with Crippen molar-refractivity contribution in [1.82, 2.24) is 5.32 Å². The molecule has 1 atom stereocenters. The molecule has 0 spiro atoms. The summed E-state index contributed by atoms with van der Waals surface area (Å²) in [4.78, 5) is 14.4. The maximum atomic E-state index is 12.8. The molecular weight excluding hydrogens is 240 g/mol. The number of hydrogen-bond donors (Lipinski definition) is 2. The van der Waals surface area contributed by atoms with Crippen LogP contribution < -0.4 is 10.2 Å². The van der Waals surface area contributed by atoms with Gasteiger partial charge in [-0.2, -0.15) is 0 Å². The molecule has 1 heterocycles. The number of carbonyl (C=O) groups is 1. The molecule has 1 unspecified atom stereocenters. The molecule has 0 radical (unpaired) electrons. The zero-order valence-electron chi connectivity index (χ0n) is 11.6. The van der Waals surface area contributed by atoms with Crippen molar-refractivity contribution < 1.29 is 9.90 Å². The molecule has 1 aromatic carbocycles. The maximum absolute atomic E-state index is 12.8. The van der Waals surface area contributed by atoms with E-state index >= 15 is 0 Å². The van der Waals surface area contributed by atoms with Gasteiger partial charge in [-0.1, -0.05) is 13.0 Å². The Morgan fingerprint density at radius 1 is 1.53 bits per heavy atom. The number of hydrogen-bond acceptors (Lipinski definition) is 3. The van der Waals surface area contributed by atoms with Crippen molar-refractivity contribution in [3.63, 3.8) is 0 Å². The number of phenolic OH excluding ortho intramolecular Hbond substituents is 1. The quantitative estimate of drug-likeness (QED) is 0.877. The molecule has 0 aromatic heterocycles. The van der Waals surface area contributed by atoms with Crippen molar-refractivity contribution in [2.75, 3.05) is 25.0 Å². The van der Waals surface area contributed by atoms with Crippen LogP contribution >= 0.6 is 0 Å². The first-order chi connectivity index (χ1) is 9.09. The highest BCUT2D eigenvalue weighted by Crippen LogP contribution is 2.33. The van der Waals surface area contributed by atoms with E-state index in [0.717, 1.165) is 38.0 Å². The van der Waals surface area contributed by atoms with E-state index in [2.05, 4.69) is 12.2 Å². The summed E-state index contributed by atoms with van der Waals surface area (Å²) in [6, 6.07) is 6.83. The average Bonchev–Trinajstić information content (AvgIpc) is 2.46. The smallest absolute Gasteiger partial charge is 0.234 e. The minimum absolute atomic E-state index is 0.132. The van der Waals surface area contributed by atoms with E-state index in [4.69, 9.17) is 0 Å². The van der Waals surface area contributed by atoms with Gasteiger partial charge in [-0.3, -0.25) is 4.79 Å². The summed E-state index contributed by atoms with van der Waals surface area (Å²) in [6.07, 6.45) is 2.80. The second-order valence-corrected chi connectivity index (χ2v) is 5.30. The Bertz CT molecular complexity index is 453. The fraction of sp³-hybridized carbons (Fsp3) is 0.533. The number of carbonyl (C=O) groups excluding carboxylic acids is 1. The number of nitrogens with one attached hydrogen (secondary N) is 1. The van der Waals surface area contributed by atoms with Gasteiger partial charge in [0.1, 0.15) is 5.75 Å². The largest absolute Gasteiger partial charge is 0.508 e. The topological polar surface area (TPSA) is 52.6 Å². The zero-order valence-corrected chi connectivity index (χ0v) is 11.6. The third kappa shape index (κ3) is 2.73. The Morgan fingerprint density at radius 3 is 2.89 bits per heavy atom. The molecule has 4 heteroatoms. The van der Waals surface area contributed by atoms with Gasteiger partial charge < -0.3 is 15.3 Å². The van der Waals surface area contributed by atoms with Crippen molar-refractivity contribution in [3.05, 3.63) is 24.3 Å². The van der Waals surface area contributed by atoms with Crippen LogP contribution in [0.4, 0.5) is 5.69 Å². The molecule has 0 aliphatic carbocycles. The molecule has 19 heavy (non-hydrogen) atoms. The molecule has 2 N–H and O–H groups in total. The normalized spacial score (nSPS) is 23.1. The third-order valence-electron chi connectivity index (χ3n) is 4.12. The second kappa shape index (κ2) is 5.61. The van der Waals surface area contributed by atoms with Gasteiger partial charge in [-0.25, -0.2) is 0 Å². The third-order valence-corrected chi connectivity index (χ3v) is 4.12. The highest BCUT2D eigenvalue weighted by atomic mass is 16.3. The van der Waals surface area contributed by atoms with Crippen LogP contribution in [0.25, 0.3) is 0 Å². The van der Waals surface area contributed by atoms with E-state index in [9.17, 15) is 9.90 Å². The highest BCUT2D eigenvalue weighted by molar-refractivity contribution is 5.97. The highest BCUT2D eigenvalue weighted by Gasteiger charge is 2.39. The van der Waals surface area contributed by atoms with E-state index in [-0.39, 0.29) is 17.1 Å². The molecule has 1 amide bonds. The van der Waals surface area contributed by atoms with E-state index in [1.807, 2.05) is 6.07 Å². The van der Waals surface area contributed by atoms with Crippen LogP contribution in [0.3, 0.4) is 0 Å². The van der Waals surface area contributed by atoms with Gasteiger partial charge in [0.05, 0.1) is 5.41 Å². The van der Waals surface area contributed by atoms with E-state index in [1.54, 1.807) is 30.1 Å². The van der Waals surface area contributed by atoms with Gasteiger partial charge in [-0.05, 0) is 37.9 Å². The SMILES string of the molecule is CCC1(C(=O)N(C)c2cccc(O)c2)CCCNC1. The lowest BCUT2D eigenvalue weighted by Gasteiger charge is -2.38. The Morgan fingerprint density at radius 2 is 2.32 bits per heavy atom. The van der Waals surface area contributed by atoms with Gasteiger partial charge in [0.2, 0.25) is 5.91 Å². The molecule has 1 aliphatic heterocycles. The van der Waals surface area contributed by atoms with Gasteiger partial charge in [0.25, 0.3) is 0 Å². The van der Waals surface area contributed by atoms with Crippen LogP contribution in [0.1, 0.15) is 26.2 Å². The molecule has 0 bridgehead atoms. The Kier molecular flexibility index (Phi) is 4.10. The van der Waals surface area contributed by atoms with Crippen LogP contribution in [0.5, 0.6) is 5.75 Å². The van der Waals surface area contributed by atoms with Gasteiger partial charge in [-0.15, -0.1) is 0 Å². The van der Waals surface area contributed by atoms with Gasteiger partial charge in [0.15, 0.2) is 0 Å². The fourth-order valence-electron chi connectivity index (χ4n) is 2.78.